The topological polar surface area (TPSA) is 0 Å². The summed E-state index contributed by atoms with van der Waals surface area (Å²) in [6.45, 7) is 0. The van der Waals surface area contributed by atoms with Crippen LogP contribution in [0.1, 0.15) is 0 Å². The van der Waals surface area contributed by atoms with Crippen LogP contribution < -0.4 is 79.8 Å². The molecule has 0 unspecified atom stereocenters. The summed E-state index contributed by atoms with van der Waals surface area (Å²) in [7, 11) is -3.97. The summed E-state index contributed by atoms with van der Waals surface area (Å²) >= 11 is 0. The van der Waals surface area contributed by atoms with Crippen molar-refractivity contribution in [1.82, 2.24) is 0 Å². The number of hydrogen-bond donors (Lipinski definition) is 0. The molecule has 0 heterocycles. The largest absolute Gasteiger partial charge is 1.00 e. The normalized spacial score (nSPS) is 11.1. The van der Waals surface area contributed by atoms with Gasteiger partial charge in [-0.1, -0.05) is 109 Å². The smallest absolute Gasteiger partial charge is 0.115 e. The van der Waals surface area contributed by atoms with E-state index in [4.69, 9.17) is 0 Å². The maximum Gasteiger partial charge on any atom is 0.115 e. The number of rotatable bonds is 9. The van der Waals surface area contributed by atoms with E-state index in [1.54, 1.807) is 0 Å². The van der Waals surface area contributed by atoms with E-state index in [-0.39, 0.29) is 48.0 Å². The summed E-state index contributed by atoms with van der Waals surface area (Å²) in [4.78, 5) is 0. The second-order valence-corrected chi connectivity index (χ2v) is 17.3. The van der Waals surface area contributed by atoms with Crippen LogP contribution >= 0.6 is 14.5 Å². The van der Waals surface area contributed by atoms with Crippen LogP contribution in [0, 0.1) is 0 Å². The minimum atomic E-state index is -1.98. The second kappa shape index (κ2) is 15.4. The van der Waals surface area contributed by atoms with Crippen molar-refractivity contribution in [2.24, 2.45) is 0 Å². The van der Waals surface area contributed by atoms with Crippen molar-refractivity contribution < 1.29 is 48.0 Å². The Hall–Kier alpha value is -2.36. The molecule has 6 aromatic rings. The Bertz CT molecular complexity index is 1290. The van der Waals surface area contributed by atoms with Gasteiger partial charge in [0.05, 0.1) is 0 Å². The van der Waals surface area contributed by atoms with Crippen molar-refractivity contribution in [1.29, 1.82) is 0 Å². The molecule has 0 bridgehead atoms. The molecule has 0 saturated carbocycles. The van der Waals surface area contributed by atoms with E-state index in [2.05, 4.69) is 182 Å². The molecule has 42 heavy (non-hydrogen) atoms. The molecule has 0 aliphatic carbocycles. The average Bonchev–Trinajstić information content (AvgIpc) is 3.06. The maximum atomic E-state index is 2.36. The molecule has 0 aliphatic rings. The van der Waals surface area contributed by atoms with E-state index in [1.165, 1.54) is 31.8 Å². The number of hydrogen-bond acceptors (Lipinski definition) is 0. The van der Waals surface area contributed by atoms with Crippen molar-refractivity contribution in [2.45, 2.75) is 0 Å². The first-order valence-corrected chi connectivity index (χ1v) is 17.9. The third kappa shape index (κ3) is 6.43. The van der Waals surface area contributed by atoms with E-state index in [0.717, 1.165) is 12.3 Å². The Morgan fingerprint density at radius 1 is 0.238 bits per heavy atom. The minimum absolute atomic E-state index is 0. The van der Waals surface area contributed by atoms with Gasteiger partial charge in [0.25, 0.3) is 0 Å². The molecular weight excluding hydrogens is 772 g/mol. The highest BCUT2D eigenvalue weighted by Gasteiger charge is 2.52. The zero-order valence-electron chi connectivity index (χ0n) is 23.4. The molecule has 6 rings (SSSR count). The van der Waals surface area contributed by atoms with Crippen LogP contribution in [0.5, 0.6) is 0 Å². The summed E-state index contributed by atoms with van der Waals surface area (Å²) in [5, 5.41) is 8.66. The molecule has 0 N–H and O–H groups in total. The lowest BCUT2D eigenvalue weighted by Gasteiger charge is -2.32. The first-order chi connectivity index (χ1) is 19.8. The molecule has 6 aromatic carbocycles. The van der Waals surface area contributed by atoms with E-state index >= 15 is 0 Å². The molecule has 0 aliphatic heterocycles. The van der Waals surface area contributed by atoms with Gasteiger partial charge in [-0.2, -0.15) is 0 Å². The third-order valence-electron chi connectivity index (χ3n) is 7.95. The lowest BCUT2D eigenvalue weighted by Crippen LogP contribution is -3.00. The Kier molecular flexibility index (Phi) is 11.9. The Morgan fingerprint density at radius 2 is 0.381 bits per heavy atom. The van der Waals surface area contributed by atoms with Crippen molar-refractivity contribution in [3.05, 3.63) is 182 Å². The van der Waals surface area contributed by atoms with Crippen molar-refractivity contribution in [3.63, 3.8) is 0 Å². The van der Waals surface area contributed by atoms with E-state index < -0.39 is 14.5 Å². The summed E-state index contributed by atoms with van der Waals surface area (Å²) < 4.78 is 0. The monoisotopic (exact) mass is 806 g/mol. The quantitative estimate of drug-likeness (QED) is 0.151. The second-order valence-electron chi connectivity index (χ2n) is 10.1. The molecule has 0 radical (unpaired) electrons. The molecule has 0 nitrogen and oxygen atoms in total. The van der Waals surface area contributed by atoms with Gasteiger partial charge in [-0.25, -0.2) is 0 Å². The molecule has 0 aromatic heterocycles. The van der Waals surface area contributed by atoms with Gasteiger partial charge in [0, 0.05) is 0 Å². The van der Waals surface area contributed by atoms with E-state index in [9.17, 15) is 0 Å². The van der Waals surface area contributed by atoms with Crippen molar-refractivity contribution in [3.8, 4) is 0 Å². The molecule has 0 saturated heterocycles. The van der Waals surface area contributed by atoms with Gasteiger partial charge in [0.2, 0.25) is 0 Å². The van der Waals surface area contributed by atoms with Gasteiger partial charge in [-0.05, 0) is 72.8 Å². The van der Waals surface area contributed by atoms with Crippen LogP contribution in [0.3, 0.4) is 0 Å². The lowest BCUT2D eigenvalue weighted by molar-refractivity contribution is -0.00100. The minimum Gasteiger partial charge on any atom is -1.00 e. The molecule has 0 spiro atoms. The SMILES string of the molecule is [I-].[I-].c1ccc([P+](CC[P+](c2ccccc2)(c2ccccc2)c2ccccc2)(c2ccccc2)c2ccccc2)cc1. The summed E-state index contributed by atoms with van der Waals surface area (Å²) in [6, 6.07) is 67.8. The summed E-state index contributed by atoms with van der Waals surface area (Å²) in [5.41, 5.74) is 0. The van der Waals surface area contributed by atoms with Crippen LogP contribution in [0.2, 0.25) is 0 Å². The highest BCUT2D eigenvalue weighted by atomic mass is 127. The Morgan fingerprint density at radius 3 is 0.524 bits per heavy atom. The summed E-state index contributed by atoms with van der Waals surface area (Å²) in [6.07, 6.45) is 2.16. The molecule has 0 amide bonds. The van der Waals surface area contributed by atoms with Crippen molar-refractivity contribution in [2.75, 3.05) is 12.3 Å². The van der Waals surface area contributed by atoms with E-state index in [0.29, 0.717) is 0 Å². The number of benzene rings is 6. The van der Waals surface area contributed by atoms with Gasteiger partial charge in [-0.15, -0.1) is 0 Å². The Labute approximate surface area is 286 Å². The molecule has 210 valence electrons. The highest BCUT2D eigenvalue weighted by molar-refractivity contribution is 7.99. The van der Waals surface area contributed by atoms with Crippen molar-refractivity contribution >= 4 is 46.4 Å². The van der Waals surface area contributed by atoms with Gasteiger partial charge in [-0.3, -0.25) is 0 Å². The summed E-state index contributed by atoms with van der Waals surface area (Å²) in [5.74, 6) is 0. The standard InChI is InChI=1S/C38H34P2.2HI/c1-7-19-33(20-8-1)39(34-21-9-2-10-22-34,35-23-11-3-12-24-35)31-32-40(36-25-13-4-14-26-36,37-27-15-5-16-28-37)38-29-17-6-18-30-38;;/h1-30H,31-32H2;2*1H/q+2;;/p-2. The average molecular weight is 806 g/mol. The highest BCUT2D eigenvalue weighted by Crippen LogP contribution is 2.62. The predicted molar refractivity (Wildman–Crippen MR) is 180 cm³/mol. The predicted octanol–water partition coefficient (Wildman–Crippen LogP) is 0.983. The Balaban J connectivity index is 0.00000202. The third-order valence-corrected chi connectivity index (χ3v) is 17.2. The van der Waals surface area contributed by atoms with Crippen LogP contribution in [0.25, 0.3) is 0 Å². The van der Waals surface area contributed by atoms with Crippen LogP contribution in [0.4, 0.5) is 0 Å². The lowest BCUT2D eigenvalue weighted by atomic mass is 10.4. The van der Waals surface area contributed by atoms with E-state index in [1.807, 2.05) is 0 Å². The fourth-order valence-corrected chi connectivity index (χ4v) is 15.9. The zero-order chi connectivity index (χ0) is 27.1. The van der Waals surface area contributed by atoms with Gasteiger partial charge in [0.1, 0.15) is 58.7 Å². The van der Waals surface area contributed by atoms with Gasteiger partial charge < -0.3 is 48.0 Å². The zero-order valence-corrected chi connectivity index (χ0v) is 29.5. The molecule has 4 heteroatoms. The van der Waals surface area contributed by atoms with Crippen LogP contribution in [0.15, 0.2) is 182 Å². The fraction of sp³-hybridized carbons (Fsp3) is 0.0526. The molecule has 0 atom stereocenters. The first-order valence-electron chi connectivity index (χ1n) is 13.9. The van der Waals surface area contributed by atoms with Crippen LogP contribution in [-0.4, -0.2) is 12.3 Å². The maximum absolute atomic E-state index is 2.36. The molecular formula is C38H34I2P2. The van der Waals surface area contributed by atoms with Crippen LogP contribution in [-0.2, 0) is 0 Å². The van der Waals surface area contributed by atoms with Gasteiger partial charge in [0.15, 0.2) is 0 Å². The van der Waals surface area contributed by atoms with Gasteiger partial charge >= 0.3 is 0 Å². The first kappa shape index (κ1) is 32.6. The molecule has 0 fully saturated rings. The fourth-order valence-electron chi connectivity index (χ4n) is 6.06. The number of halogens is 2.